The summed E-state index contributed by atoms with van der Waals surface area (Å²) >= 11 is 6.08. The van der Waals surface area contributed by atoms with Gasteiger partial charge in [0.15, 0.2) is 0 Å². The summed E-state index contributed by atoms with van der Waals surface area (Å²) < 4.78 is 0. The molecule has 1 aliphatic heterocycles. The number of benzene rings is 1. The second-order valence-corrected chi connectivity index (χ2v) is 4.80. The van der Waals surface area contributed by atoms with Gasteiger partial charge in [-0.3, -0.25) is 4.79 Å². The molecule has 0 atom stereocenters. The molecular weight excluding hydrogens is 212 g/mol. The zero-order valence-electron chi connectivity index (χ0n) is 8.73. The number of hydrogen-bond donors (Lipinski definition) is 2. The molecule has 1 aromatic rings. The fourth-order valence-electron chi connectivity index (χ4n) is 1.73. The maximum Gasteiger partial charge on any atom is 0.226 e. The average molecular weight is 225 g/mol. The summed E-state index contributed by atoms with van der Waals surface area (Å²) in [5.41, 5.74) is 1.27. The first kappa shape index (κ1) is 10.3. The minimum absolute atomic E-state index is 0.00789. The summed E-state index contributed by atoms with van der Waals surface area (Å²) in [5.74, 6) is 0.00789. The van der Waals surface area contributed by atoms with Crippen molar-refractivity contribution in [2.75, 3.05) is 10.6 Å². The van der Waals surface area contributed by atoms with Gasteiger partial charge in [-0.05, 0) is 26.0 Å². The van der Waals surface area contributed by atoms with E-state index < -0.39 is 0 Å². The summed E-state index contributed by atoms with van der Waals surface area (Å²) in [5, 5.41) is 6.74. The second-order valence-electron chi connectivity index (χ2n) is 4.40. The van der Waals surface area contributed by atoms with E-state index in [2.05, 4.69) is 10.6 Å². The Labute approximate surface area is 93.8 Å². The summed E-state index contributed by atoms with van der Waals surface area (Å²) in [4.78, 5) is 11.6. The summed E-state index contributed by atoms with van der Waals surface area (Å²) in [6, 6.07) is 5.47. The molecular formula is C11H13ClN2O. The van der Waals surface area contributed by atoms with Gasteiger partial charge < -0.3 is 10.6 Å². The van der Waals surface area contributed by atoms with Gasteiger partial charge in [0, 0.05) is 12.0 Å². The topological polar surface area (TPSA) is 41.1 Å². The van der Waals surface area contributed by atoms with Gasteiger partial charge in [-0.25, -0.2) is 0 Å². The van der Waals surface area contributed by atoms with E-state index in [4.69, 9.17) is 11.6 Å². The number of halogens is 1. The van der Waals surface area contributed by atoms with Gasteiger partial charge in [-0.15, -0.1) is 0 Å². The van der Waals surface area contributed by atoms with Crippen molar-refractivity contribution in [1.82, 2.24) is 0 Å². The van der Waals surface area contributed by atoms with Crippen LogP contribution in [-0.4, -0.2) is 11.4 Å². The van der Waals surface area contributed by atoms with Crippen LogP contribution in [0, 0.1) is 0 Å². The van der Waals surface area contributed by atoms with E-state index in [1.54, 1.807) is 6.07 Å². The number of fused-ring (bicyclic) bond motifs is 1. The van der Waals surface area contributed by atoms with Gasteiger partial charge >= 0.3 is 0 Å². The highest BCUT2D eigenvalue weighted by Gasteiger charge is 2.27. The monoisotopic (exact) mass is 224 g/mol. The predicted molar refractivity (Wildman–Crippen MR) is 62.4 cm³/mol. The van der Waals surface area contributed by atoms with Crippen molar-refractivity contribution in [2.24, 2.45) is 0 Å². The lowest BCUT2D eigenvalue weighted by Crippen LogP contribution is -2.32. The van der Waals surface area contributed by atoms with Crippen LogP contribution in [0.3, 0.4) is 0 Å². The van der Waals surface area contributed by atoms with Crippen LogP contribution in [0.5, 0.6) is 0 Å². The van der Waals surface area contributed by atoms with Crippen molar-refractivity contribution in [2.45, 2.75) is 25.8 Å². The Hall–Kier alpha value is -1.22. The van der Waals surface area contributed by atoms with Crippen LogP contribution in [0.15, 0.2) is 18.2 Å². The Bertz CT molecular complexity index is 415. The van der Waals surface area contributed by atoms with Gasteiger partial charge in [0.1, 0.15) is 0 Å². The smallest absolute Gasteiger partial charge is 0.226 e. The highest BCUT2D eigenvalue weighted by Crippen LogP contribution is 2.35. The van der Waals surface area contributed by atoms with Crippen molar-refractivity contribution < 1.29 is 4.79 Å². The molecule has 1 aromatic carbocycles. The molecule has 0 saturated heterocycles. The Morgan fingerprint density at radius 3 is 2.87 bits per heavy atom. The SMILES string of the molecule is CC1(C)CC(=O)Nc2cccc(Cl)c2N1. The fourth-order valence-corrected chi connectivity index (χ4v) is 1.96. The summed E-state index contributed by atoms with van der Waals surface area (Å²) in [6.45, 7) is 3.95. The fraction of sp³-hybridized carbons (Fsp3) is 0.364. The Kier molecular flexibility index (Phi) is 2.35. The van der Waals surface area contributed by atoms with Crippen LogP contribution in [0.25, 0.3) is 0 Å². The van der Waals surface area contributed by atoms with Crippen molar-refractivity contribution >= 4 is 28.9 Å². The Morgan fingerprint density at radius 1 is 1.40 bits per heavy atom. The van der Waals surface area contributed by atoms with E-state index in [9.17, 15) is 4.79 Å². The van der Waals surface area contributed by atoms with E-state index in [-0.39, 0.29) is 11.4 Å². The van der Waals surface area contributed by atoms with E-state index in [0.717, 1.165) is 11.4 Å². The molecule has 0 saturated carbocycles. The predicted octanol–water partition coefficient (Wildman–Crippen LogP) is 2.87. The van der Waals surface area contributed by atoms with Crippen LogP contribution >= 0.6 is 11.6 Å². The molecule has 1 amide bonds. The third-order valence-electron chi connectivity index (χ3n) is 2.35. The van der Waals surface area contributed by atoms with Crippen molar-refractivity contribution in [1.29, 1.82) is 0 Å². The quantitative estimate of drug-likeness (QED) is 0.712. The zero-order valence-corrected chi connectivity index (χ0v) is 9.48. The highest BCUT2D eigenvalue weighted by molar-refractivity contribution is 6.34. The lowest BCUT2D eigenvalue weighted by molar-refractivity contribution is -0.116. The molecule has 0 radical (unpaired) electrons. The summed E-state index contributed by atoms with van der Waals surface area (Å²) in [6.07, 6.45) is 0.429. The molecule has 2 rings (SSSR count). The standard InChI is InChI=1S/C11H13ClN2O/c1-11(2)6-9(15)13-8-5-3-4-7(12)10(8)14-11/h3-5,14H,6H2,1-2H3,(H,13,15). The Balaban J connectivity index is 2.50. The number of carbonyl (C=O) groups excluding carboxylic acids is 1. The lowest BCUT2D eigenvalue weighted by atomic mass is 10.0. The van der Waals surface area contributed by atoms with Crippen LogP contribution < -0.4 is 10.6 Å². The number of para-hydroxylation sites is 1. The van der Waals surface area contributed by atoms with Crippen LogP contribution in [0.2, 0.25) is 5.02 Å². The largest absolute Gasteiger partial charge is 0.377 e. The minimum atomic E-state index is -0.277. The van der Waals surface area contributed by atoms with Crippen molar-refractivity contribution in [3.8, 4) is 0 Å². The summed E-state index contributed by atoms with van der Waals surface area (Å²) in [7, 11) is 0. The van der Waals surface area contributed by atoms with Gasteiger partial charge in [0.05, 0.1) is 16.4 Å². The van der Waals surface area contributed by atoms with E-state index in [1.165, 1.54) is 0 Å². The molecule has 0 spiro atoms. The van der Waals surface area contributed by atoms with Crippen LogP contribution in [-0.2, 0) is 4.79 Å². The Morgan fingerprint density at radius 2 is 2.13 bits per heavy atom. The molecule has 1 aliphatic rings. The first-order valence-electron chi connectivity index (χ1n) is 4.84. The molecule has 80 valence electrons. The van der Waals surface area contributed by atoms with Crippen molar-refractivity contribution in [3.63, 3.8) is 0 Å². The molecule has 0 bridgehead atoms. The maximum atomic E-state index is 11.6. The van der Waals surface area contributed by atoms with Crippen LogP contribution in [0.4, 0.5) is 11.4 Å². The molecule has 1 heterocycles. The molecule has 0 unspecified atom stereocenters. The van der Waals surface area contributed by atoms with Crippen molar-refractivity contribution in [3.05, 3.63) is 23.2 Å². The first-order valence-corrected chi connectivity index (χ1v) is 5.22. The third-order valence-corrected chi connectivity index (χ3v) is 2.67. The van der Waals surface area contributed by atoms with Gasteiger partial charge in [0.25, 0.3) is 0 Å². The van der Waals surface area contributed by atoms with Crippen LogP contribution in [0.1, 0.15) is 20.3 Å². The molecule has 0 aliphatic carbocycles. The number of hydrogen-bond acceptors (Lipinski definition) is 2. The average Bonchev–Trinajstić information content (AvgIpc) is 2.20. The molecule has 3 nitrogen and oxygen atoms in total. The number of amides is 1. The van der Waals surface area contributed by atoms with E-state index >= 15 is 0 Å². The van der Waals surface area contributed by atoms with Gasteiger partial charge in [0.2, 0.25) is 5.91 Å². The van der Waals surface area contributed by atoms with E-state index in [1.807, 2.05) is 26.0 Å². The minimum Gasteiger partial charge on any atom is -0.377 e. The molecule has 15 heavy (non-hydrogen) atoms. The highest BCUT2D eigenvalue weighted by atomic mass is 35.5. The van der Waals surface area contributed by atoms with Gasteiger partial charge in [-0.1, -0.05) is 17.7 Å². The second kappa shape index (κ2) is 3.42. The maximum absolute atomic E-state index is 11.6. The number of nitrogens with one attached hydrogen (secondary N) is 2. The molecule has 4 heteroatoms. The zero-order chi connectivity index (χ0) is 11.1. The molecule has 0 fully saturated rings. The lowest BCUT2D eigenvalue weighted by Gasteiger charge is -2.24. The molecule has 2 N–H and O–H groups in total. The first-order chi connectivity index (χ1) is 6.98. The molecule has 0 aromatic heterocycles. The number of rotatable bonds is 0. The number of carbonyl (C=O) groups is 1. The van der Waals surface area contributed by atoms with E-state index in [0.29, 0.717) is 11.4 Å². The third kappa shape index (κ3) is 2.07. The number of anilines is 2. The normalized spacial score (nSPS) is 18.5. The van der Waals surface area contributed by atoms with Gasteiger partial charge in [-0.2, -0.15) is 0 Å².